The number of rotatable bonds is 5. The first-order chi connectivity index (χ1) is 9.95. The van der Waals surface area contributed by atoms with E-state index in [1.807, 2.05) is 38.1 Å². The zero-order valence-corrected chi connectivity index (χ0v) is 16.5. The Balaban J connectivity index is 2.03. The lowest BCUT2D eigenvalue weighted by atomic mass is 10.2. The summed E-state index contributed by atoms with van der Waals surface area (Å²) < 4.78 is 8.71. The van der Waals surface area contributed by atoms with Crippen molar-refractivity contribution in [3.8, 4) is 5.75 Å². The molecule has 21 heavy (non-hydrogen) atoms. The number of hydrogen-bond donors (Lipinski definition) is 1. The van der Waals surface area contributed by atoms with Gasteiger partial charge in [-0.15, -0.1) is 0 Å². The van der Waals surface area contributed by atoms with Crippen molar-refractivity contribution < 1.29 is 4.74 Å². The Bertz CT molecular complexity index is 588. The van der Waals surface area contributed by atoms with Crippen LogP contribution in [0.15, 0.2) is 49.8 Å². The van der Waals surface area contributed by atoms with Gasteiger partial charge in [-0.3, -0.25) is 0 Å². The molecule has 1 N–H and O–H groups in total. The minimum absolute atomic E-state index is 0.198. The van der Waals surface area contributed by atoms with Crippen molar-refractivity contribution in [3.63, 3.8) is 0 Å². The summed E-state index contributed by atoms with van der Waals surface area (Å²) in [6.45, 7) is 4.80. The topological polar surface area (TPSA) is 21.3 Å². The molecule has 0 bridgehead atoms. The van der Waals surface area contributed by atoms with Gasteiger partial charge in [0.05, 0.1) is 11.8 Å². The van der Waals surface area contributed by atoms with Crippen LogP contribution in [0.2, 0.25) is 0 Å². The van der Waals surface area contributed by atoms with E-state index in [0.717, 1.165) is 31.4 Å². The summed E-state index contributed by atoms with van der Waals surface area (Å²) in [7, 11) is 0. The molecular weight excluding hydrogens is 462 g/mol. The highest BCUT2D eigenvalue weighted by molar-refractivity contribution is 9.11. The van der Waals surface area contributed by atoms with Crippen LogP contribution in [-0.2, 0) is 6.54 Å². The third-order valence-corrected chi connectivity index (χ3v) is 4.48. The van der Waals surface area contributed by atoms with E-state index in [1.165, 1.54) is 5.56 Å². The lowest BCUT2D eigenvalue weighted by Gasteiger charge is -2.13. The Morgan fingerprint density at radius 2 is 1.57 bits per heavy atom. The molecule has 112 valence electrons. The summed E-state index contributed by atoms with van der Waals surface area (Å²) in [6, 6.07) is 12.2. The highest BCUT2D eigenvalue weighted by Crippen LogP contribution is 2.34. The molecule has 0 heterocycles. The monoisotopic (exact) mass is 475 g/mol. The zero-order valence-electron chi connectivity index (χ0n) is 11.8. The summed E-state index contributed by atoms with van der Waals surface area (Å²) >= 11 is 10.6. The predicted molar refractivity (Wildman–Crippen MR) is 99.1 cm³/mol. The van der Waals surface area contributed by atoms with Crippen molar-refractivity contribution in [2.75, 3.05) is 5.32 Å². The Labute approximate surface area is 150 Å². The number of ether oxygens (including phenoxy) is 1. The van der Waals surface area contributed by atoms with Gasteiger partial charge in [-0.25, -0.2) is 0 Å². The van der Waals surface area contributed by atoms with Gasteiger partial charge in [0.1, 0.15) is 5.75 Å². The van der Waals surface area contributed by atoms with E-state index in [2.05, 4.69) is 65.2 Å². The first-order valence-electron chi connectivity index (χ1n) is 6.59. The van der Waals surface area contributed by atoms with Crippen LogP contribution in [0.3, 0.4) is 0 Å². The van der Waals surface area contributed by atoms with Crippen molar-refractivity contribution >= 4 is 53.5 Å². The second-order valence-corrected chi connectivity index (χ2v) is 7.53. The minimum Gasteiger partial charge on any atom is -0.491 e. The molecule has 0 radical (unpaired) electrons. The smallest absolute Gasteiger partial charge is 0.119 e. The van der Waals surface area contributed by atoms with E-state index < -0.39 is 0 Å². The second-order valence-electron chi connectivity index (χ2n) is 4.91. The average Bonchev–Trinajstić information content (AvgIpc) is 2.38. The first-order valence-corrected chi connectivity index (χ1v) is 8.97. The molecule has 0 saturated carbocycles. The Kier molecular flexibility index (Phi) is 6.14. The van der Waals surface area contributed by atoms with Gasteiger partial charge in [0, 0.05) is 20.0 Å². The van der Waals surface area contributed by atoms with Crippen LogP contribution in [-0.4, -0.2) is 6.10 Å². The summed E-state index contributed by atoms with van der Waals surface area (Å²) in [5, 5.41) is 3.43. The van der Waals surface area contributed by atoms with Crippen LogP contribution in [0, 0.1) is 0 Å². The summed E-state index contributed by atoms with van der Waals surface area (Å²) in [4.78, 5) is 0. The number of halogens is 3. The van der Waals surface area contributed by atoms with Crippen LogP contribution in [0.5, 0.6) is 5.75 Å². The van der Waals surface area contributed by atoms with E-state index >= 15 is 0 Å². The second kappa shape index (κ2) is 7.65. The Hall–Kier alpha value is -0.520. The largest absolute Gasteiger partial charge is 0.491 e. The van der Waals surface area contributed by atoms with E-state index in [0.29, 0.717) is 0 Å². The maximum Gasteiger partial charge on any atom is 0.119 e. The van der Waals surface area contributed by atoms with Gasteiger partial charge in [0.15, 0.2) is 0 Å². The highest BCUT2D eigenvalue weighted by atomic mass is 79.9. The SMILES string of the molecule is CC(C)Oc1ccc(CNc2c(Br)cc(Br)cc2Br)cc1. The fraction of sp³-hybridized carbons (Fsp3) is 0.250. The maximum absolute atomic E-state index is 5.64. The van der Waals surface area contributed by atoms with Gasteiger partial charge in [-0.1, -0.05) is 28.1 Å². The number of benzene rings is 2. The third kappa shape index (κ3) is 5.01. The molecular formula is C16H16Br3NO. The molecule has 2 aromatic carbocycles. The number of nitrogens with one attached hydrogen (secondary N) is 1. The normalized spacial score (nSPS) is 10.8. The van der Waals surface area contributed by atoms with Gasteiger partial charge < -0.3 is 10.1 Å². The minimum atomic E-state index is 0.198. The van der Waals surface area contributed by atoms with Crippen molar-refractivity contribution in [2.45, 2.75) is 26.5 Å². The molecule has 2 rings (SSSR count). The van der Waals surface area contributed by atoms with Crippen LogP contribution in [0.1, 0.15) is 19.4 Å². The third-order valence-electron chi connectivity index (χ3n) is 2.77. The quantitative estimate of drug-likeness (QED) is 0.540. The molecule has 0 aliphatic carbocycles. The van der Waals surface area contributed by atoms with E-state index in [4.69, 9.17) is 4.74 Å². The summed E-state index contributed by atoms with van der Waals surface area (Å²) in [5.41, 5.74) is 2.24. The maximum atomic E-state index is 5.64. The average molecular weight is 478 g/mol. The zero-order chi connectivity index (χ0) is 15.4. The lowest BCUT2D eigenvalue weighted by molar-refractivity contribution is 0.242. The fourth-order valence-corrected chi connectivity index (χ4v) is 4.40. The molecule has 0 saturated heterocycles. The van der Waals surface area contributed by atoms with Gasteiger partial charge in [-0.05, 0) is 75.5 Å². The highest BCUT2D eigenvalue weighted by Gasteiger charge is 2.06. The number of hydrogen-bond acceptors (Lipinski definition) is 2. The Morgan fingerprint density at radius 3 is 2.10 bits per heavy atom. The van der Waals surface area contributed by atoms with Gasteiger partial charge in [-0.2, -0.15) is 0 Å². The molecule has 2 aromatic rings. The van der Waals surface area contributed by atoms with E-state index in [-0.39, 0.29) is 6.10 Å². The van der Waals surface area contributed by atoms with Gasteiger partial charge >= 0.3 is 0 Å². The molecule has 0 fully saturated rings. The van der Waals surface area contributed by atoms with Crippen molar-refractivity contribution in [1.82, 2.24) is 0 Å². The molecule has 0 unspecified atom stereocenters. The van der Waals surface area contributed by atoms with Crippen LogP contribution in [0.4, 0.5) is 5.69 Å². The molecule has 0 aliphatic heterocycles. The summed E-state index contributed by atoms with van der Waals surface area (Å²) in [5.74, 6) is 0.903. The van der Waals surface area contributed by atoms with Crippen molar-refractivity contribution in [1.29, 1.82) is 0 Å². The van der Waals surface area contributed by atoms with Gasteiger partial charge in [0.25, 0.3) is 0 Å². The molecule has 0 spiro atoms. The molecule has 0 aromatic heterocycles. The molecule has 0 aliphatic rings. The van der Waals surface area contributed by atoms with Crippen molar-refractivity contribution in [3.05, 3.63) is 55.4 Å². The van der Waals surface area contributed by atoms with Crippen LogP contribution >= 0.6 is 47.8 Å². The number of anilines is 1. The lowest BCUT2D eigenvalue weighted by Crippen LogP contribution is -2.06. The molecule has 0 amide bonds. The van der Waals surface area contributed by atoms with Crippen molar-refractivity contribution in [2.24, 2.45) is 0 Å². The predicted octanol–water partition coefficient (Wildman–Crippen LogP) is 6.37. The molecule has 5 heteroatoms. The Morgan fingerprint density at radius 1 is 1.00 bits per heavy atom. The van der Waals surface area contributed by atoms with Crippen LogP contribution in [0.25, 0.3) is 0 Å². The van der Waals surface area contributed by atoms with E-state index in [1.54, 1.807) is 0 Å². The summed E-state index contributed by atoms with van der Waals surface area (Å²) in [6.07, 6.45) is 0.198. The standard InChI is InChI=1S/C16H16Br3NO/c1-10(2)21-13-5-3-11(4-6-13)9-20-16-14(18)7-12(17)8-15(16)19/h3-8,10,20H,9H2,1-2H3. The van der Waals surface area contributed by atoms with E-state index in [9.17, 15) is 0 Å². The van der Waals surface area contributed by atoms with Gasteiger partial charge in [0.2, 0.25) is 0 Å². The first kappa shape index (κ1) is 16.8. The molecule has 0 atom stereocenters. The van der Waals surface area contributed by atoms with Crippen LogP contribution < -0.4 is 10.1 Å². The fourth-order valence-electron chi connectivity index (χ4n) is 1.86. The molecule has 2 nitrogen and oxygen atoms in total.